The van der Waals surface area contributed by atoms with Crippen LogP contribution in [0.25, 0.3) is 0 Å². The summed E-state index contributed by atoms with van der Waals surface area (Å²) in [5.74, 6) is 2.13. The molecule has 0 atom stereocenters. The molecule has 2 aromatic rings. The Balaban J connectivity index is 1.63. The fourth-order valence-corrected chi connectivity index (χ4v) is 3.30. The van der Waals surface area contributed by atoms with E-state index in [0.29, 0.717) is 39.5 Å². The van der Waals surface area contributed by atoms with E-state index >= 15 is 0 Å². The molecule has 0 unspecified atom stereocenters. The van der Waals surface area contributed by atoms with Crippen LogP contribution in [0.15, 0.2) is 18.5 Å². The number of halogens is 1. The maximum Gasteiger partial charge on any atom is 0.159 e. The van der Waals surface area contributed by atoms with Crippen LogP contribution in [0.3, 0.4) is 0 Å². The van der Waals surface area contributed by atoms with Gasteiger partial charge < -0.3 is 30.6 Å². The van der Waals surface area contributed by atoms with E-state index in [1.807, 2.05) is 0 Å². The lowest BCUT2D eigenvalue weighted by Gasteiger charge is -2.26. The predicted octanol–water partition coefficient (Wildman–Crippen LogP) is 2.61. The molecule has 29 heavy (non-hydrogen) atoms. The second kappa shape index (κ2) is 10.3. The first-order valence-corrected chi connectivity index (χ1v) is 9.83. The first-order valence-electron chi connectivity index (χ1n) is 9.45. The van der Waals surface area contributed by atoms with E-state index in [1.165, 1.54) is 6.33 Å². The van der Waals surface area contributed by atoms with Gasteiger partial charge in [-0.15, -0.1) is 0 Å². The maximum absolute atomic E-state index is 6.27. The Morgan fingerprint density at radius 3 is 2.59 bits per heavy atom. The zero-order valence-electron chi connectivity index (χ0n) is 16.7. The lowest BCUT2D eigenvalue weighted by molar-refractivity contribution is 0.0378. The normalized spacial score (nSPS) is 14.4. The monoisotopic (exact) mass is 422 g/mol. The fourth-order valence-electron chi connectivity index (χ4n) is 3.06. The van der Waals surface area contributed by atoms with Gasteiger partial charge in [-0.3, -0.25) is 4.90 Å². The van der Waals surface area contributed by atoms with Crippen molar-refractivity contribution in [3.63, 3.8) is 0 Å². The molecule has 0 amide bonds. The van der Waals surface area contributed by atoms with Crippen LogP contribution >= 0.6 is 11.6 Å². The highest BCUT2D eigenvalue weighted by Gasteiger charge is 2.14. The van der Waals surface area contributed by atoms with Gasteiger partial charge in [0.05, 0.1) is 38.1 Å². The second-order valence-corrected chi connectivity index (χ2v) is 6.94. The summed E-state index contributed by atoms with van der Waals surface area (Å²) in [6.45, 7) is 5.34. The number of hydrogen-bond acceptors (Lipinski definition) is 9. The SMILES string of the molecule is COc1cc(OC)c(Nc2ncnc(NCCCN3CCOCC3)c2N)cc1Cl. The Morgan fingerprint density at radius 1 is 1.14 bits per heavy atom. The van der Waals surface area contributed by atoms with Crippen LogP contribution in [-0.2, 0) is 4.74 Å². The third-order valence-corrected chi connectivity index (χ3v) is 4.95. The molecule has 0 radical (unpaired) electrons. The summed E-state index contributed by atoms with van der Waals surface area (Å²) in [5, 5.41) is 6.90. The number of ether oxygens (including phenoxy) is 3. The van der Waals surface area contributed by atoms with Gasteiger partial charge in [0.15, 0.2) is 11.6 Å². The number of methoxy groups -OCH3 is 2. The van der Waals surface area contributed by atoms with Gasteiger partial charge >= 0.3 is 0 Å². The Hall–Kier alpha value is -2.49. The Morgan fingerprint density at radius 2 is 1.86 bits per heavy atom. The molecule has 1 saturated heterocycles. The minimum atomic E-state index is 0.424. The highest BCUT2D eigenvalue weighted by atomic mass is 35.5. The standard InChI is InChI=1S/C19H27ClN6O3/c1-27-15-11-16(28-2)14(10-13(15)20)25-19-17(21)18(23-12-24-19)22-4-3-5-26-6-8-29-9-7-26/h10-12H,3-9,21H2,1-2H3,(H2,22,23,24,25). The van der Waals surface area contributed by atoms with Crippen molar-refractivity contribution in [3.05, 3.63) is 23.5 Å². The minimum Gasteiger partial charge on any atom is -0.495 e. The van der Waals surface area contributed by atoms with Crippen molar-refractivity contribution < 1.29 is 14.2 Å². The van der Waals surface area contributed by atoms with Crippen LogP contribution in [0.1, 0.15) is 6.42 Å². The van der Waals surface area contributed by atoms with Crippen molar-refractivity contribution in [1.29, 1.82) is 0 Å². The van der Waals surface area contributed by atoms with Gasteiger partial charge in [0, 0.05) is 25.7 Å². The highest BCUT2D eigenvalue weighted by molar-refractivity contribution is 6.32. The molecule has 0 aliphatic carbocycles. The lowest BCUT2D eigenvalue weighted by atomic mass is 10.2. The third kappa shape index (κ3) is 5.53. The number of hydrogen-bond donors (Lipinski definition) is 3. The summed E-state index contributed by atoms with van der Waals surface area (Å²) in [6.07, 6.45) is 2.44. The number of nitrogens with one attached hydrogen (secondary N) is 2. The van der Waals surface area contributed by atoms with Crippen LogP contribution in [0.4, 0.5) is 23.0 Å². The molecule has 0 saturated carbocycles. The van der Waals surface area contributed by atoms with E-state index in [9.17, 15) is 0 Å². The maximum atomic E-state index is 6.27. The fraction of sp³-hybridized carbons (Fsp3) is 0.474. The zero-order chi connectivity index (χ0) is 20.6. The summed E-state index contributed by atoms with van der Waals surface area (Å²) in [4.78, 5) is 10.9. The molecular weight excluding hydrogens is 396 g/mol. The minimum absolute atomic E-state index is 0.424. The third-order valence-electron chi connectivity index (χ3n) is 4.66. The first-order chi connectivity index (χ1) is 14.1. The molecule has 0 bridgehead atoms. The quantitative estimate of drug-likeness (QED) is 0.525. The Kier molecular flexibility index (Phi) is 7.56. The largest absolute Gasteiger partial charge is 0.495 e. The van der Waals surface area contributed by atoms with Crippen LogP contribution in [-0.4, -0.2) is 68.5 Å². The van der Waals surface area contributed by atoms with E-state index in [1.54, 1.807) is 26.4 Å². The van der Waals surface area contributed by atoms with Crippen LogP contribution in [0, 0.1) is 0 Å². The number of nitrogens with zero attached hydrogens (tertiary/aromatic N) is 3. The topological polar surface area (TPSA) is 107 Å². The zero-order valence-corrected chi connectivity index (χ0v) is 17.5. The predicted molar refractivity (Wildman–Crippen MR) is 115 cm³/mol. The Labute approximate surface area is 175 Å². The van der Waals surface area contributed by atoms with Gasteiger partial charge in [-0.05, 0) is 19.0 Å². The highest BCUT2D eigenvalue weighted by Crippen LogP contribution is 2.38. The number of rotatable bonds is 9. The van der Waals surface area contributed by atoms with E-state index in [2.05, 4.69) is 25.5 Å². The molecular formula is C19H27ClN6O3. The molecule has 1 fully saturated rings. The molecule has 1 aliphatic heterocycles. The number of anilines is 4. The lowest BCUT2D eigenvalue weighted by Crippen LogP contribution is -2.37. The van der Waals surface area contributed by atoms with E-state index in [4.69, 9.17) is 31.5 Å². The van der Waals surface area contributed by atoms with E-state index < -0.39 is 0 Å². The van der Waals surface area contributed by atoms with Crippen LogP contribution in [0.5, 0.6) is 11.5 Å². The molecule has 4 N–H and O–H groups in total. The number of aromatic nitrogens is 2. The van der Waals surface area contributed by atoms with Crippen molar-refractivity contribution in [2.24, 2.45) is 0 Å². The molecule has 3 rings (SSSR count). The van der Waals surface area contributed by atoms with Crippen LogP contribution < -0.4 is 25.8 Å². The van der Waals surface area contributed by atoms with Crippen molar-refractivity contribution in [2.75, 3.05) is 70.0 Å². The van der Waals surface area contributed by atoms with Gasteiger partial charge in [-0.2, -0.15) is 0 Å². The summed E-state index contributed by atoms with van der Waals surface area (Å²) in [7, 11) is 3.12. The summed E-state index contributed by atoms with van der Waals surface area (Å²) < 4.78 is 16.0. The van der Waals surface area contributed by atoms with Gasteiger partial charge in [0.2, 0.25) is 0 Å². The second-order valence-electron chi connectivity index (χ2n) is 6.53. The summed E-state index contributed by atoms with van der Waals surface area (Å²) in [6, 6.07) is 3.41. The van der Waals surface area contributed by atoms with Gasteiger partial charge in [-0.25, -0.2) is 9.97 Å². The molecule has 9 nitrogen and oxygen atoms in total. The molecule has 0 spiro atoms. The van der Waals surface area contributed by atoms with Crippen molar-refractivity contribution in [2.45, 2.75) is 6.42 Å². The summed E-state index contributed by atoms with van der Waals surface area (Å²) in [5.41, 5.74) is 7.32. The van der Waals surface area contributed by atoms with E-state index in [-0.39, 0.29) is 0 Å². The van der Waals surface area contributed by atoms with Crippen molar-refractivity contribution >= 4 is 34.6 Å². The molecule has 158 valence electrons. The van der Waals surface area contributed by atoms with Gasteiger partial charge in [0.25, 0.3) is 0 Å². The molecule has 1 aliphatic rings. The van der Waals surface area contributed by atoms with Gasteiger partial charge in [-0.1, -0.05) is 11.6 Å². The number of morpholine rings is 1. The molecule has 2 heterocycles. The average Bonchev–Trinajstić information content (AvgIpc) is 2.74. The number of benzene rings is 1. The van der Waals surface area contributed by atoms with E-state index in [0.717, 1.165) is 45.8 Å². The molecule has 10 heteroatoms. The molecule has 1 aromatic heterocycles. The number of nitrogens with two attached hydrogens (primary N) is 1. The summed E-state index contributed by atoms with van der Waals surface area (Å²) >= 11 is 6.24. The number of nitrogen functional groups attached to an aromatic ring is 1. The first kappa shape index (κ1) is 21.2. The molecule has 1 aromatic carbocycles. The Bertz CT molecular complexity index is 817. The van der Waals surface area contributed by atoms with Crippen molar-refractivity contribution in [1.82, 2.24) is 14.9 Å². The van der Waals surface area contributed by atoms with Crippen molar-refractivity contribution in [3.8, 4) is 11.5 Å². The smallest absolute Gasteiger partial charge is 0.159 e. The van der Waals surface area contributed by atoms with Crippen LogP contribution in [0.2, 0.25) is 5.02 Å². The van der Waals surface area contributed by atoms with Gasteiger partial charge in [0.1, 0.15) is 23.5 Å². The average molecular weight is 423 g/mol.